The highest BCUT2D eigenvalue weighted by molar-refractivity contribution is 5.83. The van der Waals surface area contributed by atoms with Crippen molar-refractivity contribution in [2.45, 2.75) is 63.9 Å². The van der Waals surface area contributed by atoms with Crippen molar-refractivity contribution in [2.75, 3.05) is 0 Å². The maximum absolute atomic E-state index is 11.7. The Kier molecular flexibility index (Phi) is 2.97. The van der Waals surface area contributed by atoms with Crippen molar-refractivity contribution in [3.63, 3.8) is 0 Å². The highest BCUT2D eigenvalue weighted by Crippen LogP contribution is 2.62. The van der Waals surface area contributed by atoms with Gasteiger partial charge in [-0.05, 0) is 61.5 Å². The van der Waals surface area contributed by atoms with Gasteiger partial charge in [0, 0.05) is 18.3 Å². The minimum atomic E-state index is -0.948. The van der Waals surface area contributed by atoms with Gasteiger partial charge in [-0.1, -0.05) is 24.5 Å². The number of rotatable bonds is 0. The fourth-order valence-corrected chi connectivity index (χ4v) is 5.66. The third-order valence-corrected chi connectivity index (χ3v) is 7.05. The molecule has 2 heteroatoms. The van der Waals surface area contributed by atoms with Crippen molar-refractivity contribution in [3.05, 3.63) is 22.8 Å². The minimum Gasteiger partial charge on any atom is -0.377 e. The number of Topliss-reactive ketones (excluding diaryl/α,β-unsaturated/α-hetero) is 1. The number of aliphatic hydroxyl groups is 1. The summed E-state index contributed by atoms with van der Waals surface area (Å²) in [5, 5.41) is 10.9. The van der Waals surface area contributed by atoms with Gasteiger partial charge in [0.15, 0.2) is 0 Å². The molecule has 4 atom stereocenters. The third-order valence-electron chi connectivity index (χ3n) is 7.05. The summed E-state index contributed by atoms with van der Waals surface area (Å²) in [5.41, 5.74) is 3.24. The van der Waals surface area contributed by atoms with Gasteiger partial charge in [-0.15, -0.1) is 6.42 Å². The van der Waals surface area contributed by atoms with Gasteiger partial charge in [-0.25, -0.2) is 0 Å². The number of allylic oxidation sites excluding steroid dienone is 4. The van der Waals surface area contributed by atoms with Gasteiger partial charge < -0.3 is 5.11 Å². The van der Waals surface area contributed by atoms with Gasteiger partial charge in [-0.3, -0.25) is 4.79 Å². The Morgan fingerprint density at radius 2 is 2.14 bits per heavy atom. The van der Waals surface area contributed by atoms with Crippen LogP contribution in [0.15, 0.2) is 22.8 Å². The summed E-state index contributed by atoms with van der Waals surface area (Å²) in [4.78, 5) is 11.7. The topological polar surface area (TPSA) is 37.3 Å². The second kappa shape index (κ2) is 4.59. The second-order valence-corrected chi connectivity index (χ2v) is 7.87. The quantitative estimate of drug-likeness (QED) is 0.694. The lowest BCUT2D eigenvalue weighted by Gasteiger charge is -2.49. The molecule has 0 radical (unpaired) electrons. The molecule has 0 aliphatic heterocycles. The lowest BCUT2D eigenvalue weighted by molar-refractivity contribution is -0.118. The minimum absolute atomic E-state index is 0.182. The molecule has 1 N–H and O–H groups in total. The lowest BCUT2D eigenvalue weighted by Crippen LogP contribution is -2.48. The average molecular weight is 296 g/mol. The molecule has 0 saturated heterocycles. The number of hydrogen-bond acceptors (Lipinski definition) is 2. The Morgan fingerprint density at radius 1 is 1.32 bits per heavy atom. The normalized spacial score (nSPS) is 43.9. The SMILES string of the molecule is C#C[C@]1(O)CC[C@H]2[C@@H]3CCC4=C(CCC(=O)C4)C3=CC[C@@]21C. The highest BCUT2D eigenvalue weighted by atomic mass is 16.3. The molecule has 0 unspecified atom stereocenters. The predicted octanol–water partition coefficient (Wildman–Crippen LogP) is 3.56. The molecule has 4 aliphatic carbocycles. The zero-order valence-corrected chi connectivity index (χ0v) is 13.3. The summed E-state index contributed by atoms with van der Waals surface area (Å²) >= 11 is 0. The van der Waals surface area contributed by atoms with Gasteiger partial charge in [0.25, 0.3) is 0 Å². The van der Waals surface area contributed by atoms with Crippen LogP contribution in [0.3, 0.4) is 0 Å². The van der Waals surface area contributed by atoms with E-state index in [9.17, 15) is 9.90 Å². The van der Waals surface area contributed by atoms with E-state index in [4.69, 9.17) is 6.42 Å². The molecule has 0 aromatic rings. The van der Waals surface area contributed by atoms with E-state index < -0.39 is 5.60 Å². The number of terminal acetylenes is 1. The van der Waals surface area contributed by atoms with E-state index in [0.29, 0.717) is 30.5 Å². The number of carbonyl (C=O) groups is 1. The van der Waals surface area contributed by atoms with Crippen molar-refractivity contribution in [3.8, 4) is 12.3 Å². The van der Waals surface area contributed by atoms with Gasteiger partial charge in [0.1, 0.15) is 11.4 Å². The molecule has 4 rings (SSSR count). The van der Waals surface area contributed by atoms with E-state index in [0.717, 1.165) is 38.5 Å². The summed E-state index contributed by atoms with van der Waals surface area (Å²) < 4.78 is 0. The van der Waals surface area contributed by atoms with E-state index in [-0.39, 0.29) is 5.41 Å². The van der Waals surface area contributed by atoms with Gasteiger partial charge in [0.2, 0.25) is 0 Å². The van der Waals surface area contributed by atoms with Crippen LogP contribution in [0, 0.1) is 29.6 Å². The highest BCUT2D eigenvalue weighted by Gasteiger charge is 2.59. The molecule has 116 valence electrons. The first-order valence-electron chi connectivity index (χ1n) is 8.62. The summed E-state index contributed by atoms with van der Waals surface area (Å²) in [6, 6.07) is 0. The molecule has 0 aromatic carbocycles. The fourth-order valence-electron chi connectivity index (χ4n) is 5.66. The molecule has 0 aromatic heterocycles. The van der Waals surface area contributed by atoms with Crippen LogP contribution >= 0.6 is 0 Å². The van der Waals surface area contributed by atoms with Crippen molar-refractivity contribution in [1.29, 1.82) is 0 Å². The lowest BCUT2D eigenvalue weighted by atomic mass is 9.56. The molecule has 0 heterocycles. The fraction of sp³-hybridized carbons (Fsp3) is 0.650. The molecule has 1 saturated carbocycles. The Hall–Kier alpha value is -1.33. The first-order chi connectivity index (χ1) is 10.5. The van der Waals surface area contributed by atoms with Crippen molar-refractivity contribution in [2.24, 2.45) is 17.3 Å². The molecule has 22 heavy (non-hydrogen) atoms. The first-order valence-corrected chi connectivity index (χ1v) is 8.62. The van der Waals surface area contributed by atoms with Crippen LogP contribution in [0.2, 0.25) is 0 Å². The van der Waals surface area contributed by atoms with Gasteiger partial charge in [-0.2, -0.15) is 0 Å². The summed E-state index contributed by atoms with van der Waals surface area (Å²) in [6.45, 7) is 2.19. The number of fused-ring (bicyclic) bond motifs is 4. The monoisotopic (exact) mass is 296 g/mol. The Labute approximate surface area is 132 Å². The van der Waals surface area contributed by atoms with Crippen molar-refractivity contribution >= 4 is 5.78 Å². The van der Waals surface area contributed by atoms with Crippen LogP contribution in [-0.2, 0) is 4.79 Å². The molecule has 0 bridgehead atoms. The predicted molar refractivity (Wildman–Crippen MR) is 85.9 cm³/mol. The van der Waals surface area contributed by atoms with E-state index in [1.54, 1.807) is 0 Å². The van der Waals surface area contributed by atoms with Crippen LogP contribution in [0.4, 0.5) is 0 Å². The smallest absolute Gasteiger partial charge is 0.137 e. The van der Waals surface area contributed by atoms with Crippen LogP contribution in [-0.4, -0.2) is 16.5 Å². The molecular formula is C20H24O2. The Morgan fingerprint density at radius 3 is 2.91 bits per heavy atom. The zero-order chi connectivity index (χ0) is 15.5. The Balaban J connectivity index is 1.75. The first kappa shape index (κ1) is 14.3. The van der Waals surface area contributed by atoms with E-state index in [1.165, 1.54) is 16.7 Å². The molecular weight excluding hydrogens is 272 g/mol. The standard InChI is InChI=1S/C20H24O2/c1-3-20(22)11-9-18-17-6-4-13-12-14(21)5-7-15(13)16(17)8-10-19(18,20)2/h1,8,17-18,22H,4-7,9-12H2,2H3/t17-,18+,19+,20+/m1/s1. The van der Waals surface area contributed by atoms with Crippen LogP contribution in [0.1, 0.15) is 58.3 Å². The van der Waals surface area contributed by atoms with Gasteiger partial charge in [0.05, 0.1) is 0 Å². The summed E-state index contributed by atoms with van der Waals surface area (Å²) in [7, 11) is 0. The summed E-state index contributed by atoms with van der Waals surface area (Å²) in [6.07, 6.45) is 15.2. The molecule has 1 fully saturated rings. The van der Waals surface area contributed by atoms with Crippen LogP contribution in [0.5, 0.6) is 0 Å². The summed E-state index contributed by atoms with van der Waals surface area (Å²) in [5.74, 6) is 4.13. The molecule has 4 aliphatic rings. The number of ketones is 1. The zero-order valence-electron chi connectivity index (χ0n) is 13.3. The molecule has 0 spiro atoms. The van der Waals surface area contributed by atoms with E-state index in [1.807, 2.05) is 0 Å². The molecule has 2 nitrogen and oxygen atoms in total. The van der Waals surface area contributed by atoms with Crippen LogP contribution in [0.25, 0.3) is 0 Å². The van der Waals surface area contributed by atoms with E-state index >= 15 is 0 Å². The Bertz CT molecular complexity index is 647. The number of hydrogen-bond donors (Lipinski definition) is 1. The average Bonchev–Trinajstić information content (AvgIpc) is 2.79. The van der Waals surface area contributed by atoms with Crippen molar-refractivity contribution in [1.82, 2.24) is 0 Å². The maximum Gasteiger partial charge on any atom is 0.137 e. The number of carbonyl (C=O) groups excluding carboxylic acids is 1. The van der Waals surface area contributed by atoms with Gasteiger partial charge >= 0.3 is 0 Å². The second-order valence-electron chi connectivity index (χ2n) is 7.87. The van der Waals surface area contributed by atoms with E-state index in [2.05, 4.69) is 18.9 Å². The maximum atomic E-state index is 11.7. The van der Waals surface area contributed by atoms with Crippen molar-refractivity contribution < 1.29 is 9.90 Å². The van der Waals surface area contributed by atoms with Crippen LogP contribution < -0.4 is 0 Å². The molecule has 0 amide bonds. The third kappa shape index (κ3) is 1.69. The largest absolute Gasteiger partial charge is 0.377 e.